The van der Waals surface area contributed by atoms with Crippen LogP contribution in [0.15, 0.2) is 53.4 Å². The normalized spacial score (nSPS) is 12.5. The predicted octanol–water partition coefficient (Wildman–Crippen LogP) is 4.84. The van der Waals surface area contributed by atoms with Gasteiger partial charge in [0.2, 0.25) is 5.91 Å². The van der Waals surface area contributed by atoms with E-state index in [-0.39, 0.29) is 17.5 Å². The third-order valence-electron chi connectivity index (χ3n) is 2.85. The number of hydrogen-bond acceptors (Lipinski definition) is 3. The summed E-state index contributed by atoms with van der Waals surface area (Å²) < 4.78 is 52.8. The number of hydrogen-bond donors (Lipinski definition) is 1. The molecule has 0 aliphatic heterocycles. The first kappa shape index (κ1) is 18.1. The number of benzene rings is 2. The van der Waals surface area contributed by atoms with E-state index in [1.807, 2.05) is 0 Å². The lowest BCUT2D eigenvalue weighted by atomic mass is 10.3. The molecule has 0 fully saturated rings. The lowest BCUT2D eigenvalue weighted by Gasteiger charge is -2.13. The topological polar surface area (TPSA) is 38.3 Å². The van der Waals surface area contributed by atoms with Gasteiger partial charge in [0.1, 0.15) is 11.6 Å². The number of carbonyl (C=O) groups is 1. The molecule has 0 aromatic heterocycles. The zero-order valence-electron chi connectivity index (χ0n) is 12.4. The molecule has 0 saturated carbocycles. The minimum Gasteiger partial charge on any atom is -0.406 e. The monoisotopic (exact) mass is 359 g/mol. The first-order valence-electron chi connectivity index (χ1n) is 6.82. The Bertz CT molecular complexity index is 687. The van der Waals surface area contributed by atoms with Crippen molar-refractivity contribution in [2.45, 2.75) is 23.4 Å². The summed E-state index contributed by atoms with van der Waals surface area (Å²) in [5.74, 6) is -1.05. The second kappa shape index (κ2) is 7.57. The van der Waals surface area contributed by atoms with Gasteiger partial charge in [-0.3, -0.25) is 4.79 Å². The highest BCUT2D eigenvalue weighted by molar-refractivity contribution is 8.00. The summed E-state index contributed by atoms with van der Waals surface area (Å²) in [6.07, 6.45) is -4.76. The minimum absolute atomic E-state index is 0.325. The van der Waals surface area contributed by atoms with E-state index in [0.717, 1.165) is 17.0 Å². The van der Waals surface area contributed by atoms with Crippen LogP contribution in [0.2, 0.25) is 0 Å². The quantitative estimate of drug-likeness (QED) is 0.613. The Morgan fingerprint density at radius 1 is 1.08 bits per heavy atom. The number of amides is 1. The maximum atomic E-state index is 12.8. The van der Waals surface area contributed by atoms with Crippen LogP contribution in [-0.2, 0) is 4.79 Å². The van der Waals surface area contributed by atoms with Gasteiger partial charge >= 0.3 is 6.36 Å². The number of anilines is 1. The summed E-state index contributed by atoms with van der Waals surface area (Å²) in [5, 5.41) is 2.12. The highest BCUT2D eigenvalue weighted by Gasteiger charge is 2.31. The Kier molecular flexibility index (Phi) is 5.71. The van der Waals surface area contributed by atoms with Crippen LogP contribution in [0.25, 0.3) is 0 Å². The predicted molar refractivity (Wildman–Crippen MR) is 83.5 cm³/mol. The molecule has 1 atom stereocenters. The van der Waals surface area contributed by atoms with Crippen molar-refractivity contribution in [1.29, 1.82) is 0 Å². The van der Waals surface area contributed by atoms with Crippen LogP contribution >= 0.6 is 11.8 Å². The van der Waals surface area contributed by atoms with Gasteiger partial charge in [0.05, 0.1) is 5.25 Å². The van der Waals surface area contributed by atoms with Crippen LogP contribution in [0, 0.1) is 5.82 Å². The lowest BCUT2D eigenvalue weighted by molar-refractivity contribution is -0.274. The van der Waals surface area contributed by atoms with Crippen molar-refractivity contribution in [3.8, 4) is 5.75 Å². The Labute approximate surface area is 140 Å². The largest absolute Gasteiger partial charge is 0.573 e. The number of rotatable bonds is 5. The molecule has 8 heteroatoms. The van der Waals surface area contributed by atoms with Gasteiger partial charge in [-0.25, -0.2) is 4.39 Å². The van der Waals surface area contributed by atoms with Gasteiger partial charge in [-0.2, -0.15) is 0 Å². The van der Waals surface area contributed by atoms with E-state index in [1.165, 1.54) is 36.0 Å². The molecule has 3 nitrogen and oxygen atoms in total. The van der Waals surface area contributed by atoms with E-state index in [1.54, 1.807) is 19.1 Å². The molecular weight excluding hydrogens is 346 g/mol. The smallest absolute Gasteiger partial charge is 0.406 e. The van der Waals surface area contributed by atoms with Gasteiger partial charge in [-0.15, -0.1) is 24.9 Å². The van der Waals surface area contributed by atoms with Gasteiger partial charge in [-0.05, 0) is 55.5 Å². The van der Waals surface area contributed by atoms with Crippen molar-refractivity contribution < 1.29 is 27.1 Å². The van der Waals surface area contributed by atoms with Crippen molar-refractivity contribution in [2.75, 3.05) is 5.32 Å². The first-order chi connectivity index (χ1) is 11.2. The molecule has 0 aliphatic rings. The summed E-state index contributed by atoms with van der Waals surface area (Å²) in [4.78, 5) is 12.8. The van der Waals surface area contributed by atoms with Crippen LogP contribution in [0.5, 0.6) is 5.75 Å². The van der Waals surface area contributed by atoms with E-state index >= 15 is 0 Å². The lowest BCUT2D eigenvalue weighted by Crippen LogP contribution is -2.22. The van der Waals surface area contributed by atoms with E-state index in [9.17, 15) is 22.4 Å². The molecule has 0 spiro atoms. The molecule has 1 unspecified atom stereocenters. The first-order valence-corrected chi connectivity index (χ1v) is 7.70. The Balaban J connectivity index is 1.92. The van der Waals surface area contributed by atoms with Crippen molar-refractivity contribution in [2.24, 2.45) is 0 Å². The Morgan fingerprint density at radius 3 is 2.21 bits per heavy atom. The van der Waals surface area contributed by atoms with Gasteiger partial charge in [0.15, 0.2) is 0 Å². The van der Waals surface area contributed by atoms with Crippen molar-refractivity contribution in [3.63, 3.8) is 0 Å². The molecule has 0 bridgehead atoms. The summed E-state index contributed by atoms with van der Waals surface area (Å²) in [5.41, 5.74) is 0.348. The average Bonchev–Trinajstić information content (AvgIpc) is 2.50. The number of ether oxygens (including phenoxy) is 1. The van der Waals surface area contributed by atoms with Crippen LogP contribution in [0.1, 0.15) is 6.92 Å². The number of nitrogens with one attached hydrogen (secondary N) is 1. The summed E-state index contributed by atoms with van der Waals surface area (Å²) >= 11 is 1.24. The zero-order valence-corrected chi connectivity index (χ0v) is 13.2. The molecule has 2 rings (SSSR count). The van der Waals surface area contributed by atoms with Crippen LogP contribution in [0.3, 0.4) is 0 Å². The van der Waals surface area contributed by atoms with Crippen LogP contribution < -0.4 is 10.1 Å². The minimum atomic E-state index is -4.76. The van der Waals surface area contributed by atoms with Gasteiger partial charge < -0.3 is 10.1 Å². The highest BCUT2D eigenvalue weighted by Crippen LogP contribution is 2.26. The molecule has 0 radical (unpaired) electrons. The molecule has 2 aromatic carbocycles. The molecule has 2 aromatic rings. The number of carbonyl (C=O) groups excluding carboxylic acids is 1. The molecule has 24 heavy (non-hydrogen) atoms. The standard InChI is InChI=1S/C16H13F4NO2S/c1-10(24-14-8-2-11(17)3-9-14)15(22)21-12-4-6-13(7-5-12)23-16(18,19)20/h2-10H,1H3,(H,21,22). The van der Waals surface area contributed by atoms with E-state index in [4.69, 9.17) is 0 Å². The molecular formula is C16H13F4NO2S. The van der Waals surface area contributed by atoms with Crippen molar-refractivity contribution in [1.82, 2.24) is 0 Å². The zero-order chi connectivity index (χ0) is 17.7. The van der Waals surface area contributed by atoms with Crippen LogP contribution in [-0.4, -0.2) is 17.5 Å². The maximum absolute atomic E-state index is 12.8. The number of halogens is 4. The van der Waals surface area contributed by atoms with E-state index in [0.29, 0.717) is 5.69 Å². The third-order valence-corrected chi connectivity index (χ3v) is 3.96. The second-order valence-corrected chi connectivity index (χ2v) is 6.19. The molecule has 0 aliphatic carbocycles. The van der Waals surface area contributed by atoms with Crippen molar-refractivity contribution in [3.05, 3.63) is 54.3 Å². The van der Waals surface area contributed by atoms with E-state index < -0.39 is 11.6 Å². The SMILES string of the molecule is CC(Sc1ccc(F)cc1)C(=O)Nc1ccc(OC(F)(F)F)cc1. The fraction of sp³-hybridized carbons (Fsp3) is 0.188. The maximum Gasteiger partial charge on any atom is 0.573 e. The molecule has 128 valence electrons. The van der Waals surface area contributed by atoms with Gasteiger partial charge in [0, 0.05) is 10.6 Å². The fourth-order valence-electron chi connectivity index (χ4n) is 1.75. The summed E-state index contributed by atoms with van der Waals surface area (Å²) in [7, 11) is 0. The Morgan fingerprint density at radius 2 is 1.67 bits per heavy atom. The fourth-order valence-corrected chi connectivity index (χ4v) is 2.62. The van der Waals surface area contributed by atoms with Gasteiger partial charge in [0.25, 0.3) is 0 Å². The molecule has 1 amide bonds. The molecule has 0 saturated heterocycles. The highest BCUT2D eigenvalue weighted by atomic mass is 32.2. The Hall–Kier alpha value is -2.22. The van der Waals surface area contributed by atoms with E-state index in [2.05, 4.69) is 10.1 Å². The van der Waals surface area contributed by atoms with Gasteiger partial charge in [-0.1, -0.05) is 0 Å². The summed E-state index contributed by atoms with van der Waals surface area (Å²) in [6, 6.07) is 10.6. The number of alkyl halides is 3. The average molecular weight is 359 g/mol. The summed E-state index contributed by atoms with van der Waals surface area (Å²) in [6.45, 7) is 1.67. The molecule has 1 N–H and O–H groups in total. The van der Waals surface area contributed by atoms with Crippen LogP contribution in [0.4, 0.5) is 23.2 Å². The number of thioether (sulfide) groups is 1. The third kappa shape index (κ3) is 5.77. The van der Waals surface area contributed by atoms with Crippen molar-refractivity contribution >= 4 is 23.4 Å². The second-order valence-electron chi connectivity index (χ2n) is 4.78. The molecule has 0 heterocycles.